The molecule has 0 bridgehead atoms. The number of aliphatic hydroxyl groups excluding tert-OH is 1. The number of hydrogen-bond acceptors (Lipinski definition) is 3. The van der Waals surface area contributed by atoms with Crippen LogP contribution in [0.25, 0.3) is 0 Å². The summed E-state index contributed by atoms with van der Waals surface area (Å²) in [4.78, 5) is 11.0. The summed E-state index contributed by atoms with van der Waals surface area (Å²) in [5, 5.41) is 13.9. The number of nitrogens with zero attached hydrogens (tertiary/aromatic N) is 2. The van der Waals surface area contributed by atoms with Crippen LogP contribution in [0.1, 0.15) is 19.8 Å². The minimum atomic E-state index is 0.0379. The predicted octanol–water partition coefficient (Wildman–Crippen LogP) is -0.0230. The van der Waals surface area contributed by atoms with Gasteiger partial charge in [-0.2, -0.15) is 5.10 Å². The Morgan fingerprint density at radius 2 is 2.45 bits per heavy atom. The van der Waals surface area contributed by atoms with Gasteiger partial charge in [-0.1, -0.05) is 0 Å². The van der Waals surface area contributed by atoms with Gasteiger partial charge in [-0.25, -0.2) is 5.01 Å². The van der Waals surface area contributed by atoms with Crippen LogP contribution in [0.4, 0.5) is 0 Å². The average Bonchev–Trinajstić information content (AvgIpc) is 2.26. The first kappa shape index (κ1) is 8.20. The maximum Gasteiger partial charge on any atom is 0.248 e. The highest BCUT2D eigenvalue weighted by atomic mass is 16.3. The molecule has 11 heavy (non-hydrogen) atoms. The van der Waals surface area contributed by atoms with Crippen LogP contribution >= 0.6 is 0 Å². The van der Waals surface area contributed by atoms with Crippen molar-refractivity contribution < 1.29 is 9.90 Å². The van der Waals surface area contributed by atoms with E-state index < -0.39 is 0 Å². The van der Waals surface area contributed by atoms with Gasteiger partial charge in [0.2, 0.25) is 5.91 Å². The van der Waals surface area contributed by atoms with Crippen LogP contribution in [0, 0.1) is 0 Å². The lowest BCUT2D eigenvalue weighted by atomic mass is 10.3. The van der Waals surface area contributed by atoms with E-state index in [-0.39, 0.29) is 12.5 Å². The van der Waals surface area contributed by atoms with Crippen molar-refractivity contribution in [3.8, 4) is 0 Å². The molecule has 4 nitrogen and oxygen atoms in total. The van der Waals surface area contributed by atoms with Crippen molar-refractivity contribution in [2.75, 3.05) is 13.2 Å². The number of carbonyl (C=O) groups is 1. The van der Waals surface area contributed by atoms with Gasteiger partial charge in [0.15, 0.2) is 0 Å². The van der Waals surface area contributed by atoms with Crippen LogP contribution in [0.2, 0.25) is 0 Å². The number of amides is 1. The summed E-state index contributed by atoms with van der Waals surface area (Å²) in [5.41, 5.74) is 0.855. The Bertz CT molecular complexity index is 189. The Balaban J connectivity index is 2.39. The third kappa shape index (κ3) is 2.01. The van der Waals surface area contributed by atoms with Gasteiger partial charge in [0.1, 0.15) is 0 Å². The van der Waals surface area contributed by atoms with Gasteiger partial charge < -0.3 is 5.11 Å². The zero-order valence-corrected chi connectivity index (χ0v) is 6.58. The lowest BCUT2D eigenvalue weighted by molar-refractivity contribution is -0.128. The first-order valence-corrected chi connectivity index (χ1v) is 3.69. The molecule has 0 aromatic carbocycles. The minimum Gasteiger partial charge on any atom is -0.396 e. The van der Waals surface area contributed by atoms with Gasteiger partial charge in [0.05, 0.1) is 6.42 Å². The Morgan fingerprint density at radius 3 is 2.91 bits per heavy atom. The van der Waals surface area contributed by atoms with Gasteiger partial charge in [-0.05, 0) is 13.3 Å². The van der Waals surface area contributed by atoms with Crippen LogP contribution in [-0.4, -0.2) is 34.9 Å². The molecule has 0 radical (unpaired) electrons. The Labute approximate surface area is 65.5 Å². The zero-order chi connectivity index (χ0) is 8.27. The van der Waals surface area contributed by atoms with Crippen molar-refractivity contribution >= 4 is 11.6 Å². The average molecular weight is 156 g/mol. The topological polar surface area (TPSA) is 52.9 Å². The molecule has 1 amide bonds. The van der Waals surface area contributed by atoms with Crippen molar-refractivity contribution in [2.24, 2.45) is 5.10 Å². The summed E-state index contributed by atoms with van der Waals surface area (Å²) in [6, 6.07) is 0. The first-order valence-electron chi connectivity index (χ1n) is 3.69. The molecule has 1 heterocycles. The fraction of sp³-hybridized carbons (Fsp3) is 0.714. The molecule has 0 aliphatic carbocycles. The summed E-state index contributed by atoms with van der Waals surface area (Å²) in [6.07, 6.45) is 1.04. The van der Waals surface area contributed by atoms with E-state index in [0.717, 1.165) is 5.71 Å². The number of hydrazone groups is 1. The Kier molecular flexibility index (Phi) is 2.59. The molecule has 1 rings (SSSR count). The van der Waals surface area contributed by atoms with Gasteiger partial charge in [-0.3, -0.25) is 4.79 Å². The van der Waals surface area contributed by atoms with Crippen molar-refractivity contribution in [1.29, 1.82) is 0 Å². The molecular formula is C7H12N2O2. The van der Waals surface area contributed by atoms with E-state index >= 15 is 0 Å². The van der Waals surface area contributed by atoms with Crippen LogP contribution < -0.4 is 0 Å². The van der Waals surface area contributed by atoms with E-state index in [2.05, 4.69) is 5.10 Å². The van der Waals surface area contributed by atoms with E-state index in [1.807, 2.05) is 6.92 Å². The van der Waals surface area contributed by atoms with E-state index in [1.165, 1.54) is 5.01 Å². The molecule has 0 unspecified atom stereocenters. The third-order valence-electron chi connectivity index (χ3n) is 1.51. The molecule has 0 fully saturated rings. The largest absolute Gasteiger partial charge is 0.396 e. The molecule has 0 atom stereocenters. The summed E-state index contributed by atoms with van der Waals surface area (Å²) in [5.74, 6) is 0.0379. The number of aliphatic hydroxyl groups is 1. The number of carbonyl (C=O) groups excluding carboxylic acids is 1. The van der Waals surface area contributed by atoms with Crippen LogP contribution in [0.3, 0.4) is 0 Å². The Hall–Kier alpha value is -0.900. The summed E-state index contributed by atoms with van der Waals surface area (Å²) in [6.45, 7) is 2.47. The van der Waals surface area contributed by atoms with Crippen molar-refractivity contribution in [3.63, 3.8) is 0 Å². The highest BCUT2D eigenvalue weighted by molar-refractivity contribution is 6.03. The molecule has 0 saturated heterocycles. The highest BCUT2D eigenvalue weighted by Gasteiger charge is 2.19. The second kappa shape index (κ2) is 3.48. The monoisotopic (exact) mass is 156 g/mol. The van der Waals surface area contributed by atoms with Crippen molar-refractivity contribution in [1.82, 2.24) is 5.01 Å². The normalized spacial score (nSPS) is 17.5. The first-order chi connectivity index (χ1) is 5.24. The van der Waals surface area contributed by atoms with Crippen molar-refractivity contribution in [3.05, 3.63) is 0 Å². The quantitative estimate of drug-likeness (QED) is 0.624. The zero-order valence-electron chi connectivity index (χ0n) is 6.58. The molecule has 4 heteroatoms. The molecule has 0 aromatic heterocycles. The van der Waals surface area contributed by atoms with Gasteiger partial charge >= 0.3 is 0 Å². The molecular weight excluding hydrogens is 144 g/mol. The molecule has 0 spiro atoms. The molecule has 1 aliphatic rings. The number of rotatable bonds is 3. The summed E-state index contributed by atoms with van der Waals surface area (Å²) < 4.78 is 0. The molecule has 0 saturated carbocycles. The van der Waals surface area contributed by atoms with Gasteiger partial charge in [-0.15, -0.1) is 0 Å². The maximum absolute atomic E-state index is 11.0. The fourth-order valence-electron chi connectivity index (χ4n) is 1.00. The fourth-order valence-corrected chi connectivity index (χ4v) is 1.00. The van der Waals surface area contributed by atoms with Gasteiger partial charge in [0, 0.05) is 18.9 Å². The smallest absolute Gasteiger partial charge is 0.248 e. The van der Waals surface area contributed by atoms with Crippen molar-refractivity contribution in [2.45, 2.75) is 19.8 Å². The third-order valence-corrected chi connectivity index (χ3v) is 1.51. The summed E-state index contributed by atoms with van der Waals surface area (Å²) >= 11 is 0. The van der Waals surface area contributed by atoms with Crippen LogP contribution in [0.5, 0.6) is 0 Å². The van der Waals surface area contributed by atoms with E-state index in [1.54, 1.807) is 0 Å². The SMILES string of the molecule is CC1=NN(CCCO)C(=O)C1. The molecule has 1 N–H and O–H groups in total. The maximum atomic E-state index is 11.0. The molecule has 1 aliphatic heterocycles. The Morgan fingerprint density at radius 1 is 1.73 bits per heavy atom. The summed E-state index contributed by atoms with van der Waals surface area (Å²) in [7, 11) is 0. The lowest BCUT2D eigenvalue weighted by Gasteiger charge is -2.09. The molecule has 62 valence electrons. The van der Waals surface area contributed by atoms with E-state index in [4.69, 9.17) is 5.11 Å². The number of hydrogen-bond donors (Lipinski definition) is 1. The van der Waals surface area contributed by atoms with E-state index in [9.17, 15) is 4.79 Å². The molecule has 0 aromatic rings. The predicted molar refractivity (Wildman–Crippen MR) is 41.1 cm³/mol. The van der Waals surface area contributed by atoms with Crippen LogP contribution in [0.15, 0.2) is 5.10 Å². The highest BCUT2D eigenvalue weighted by Crippen LogP contribution is 2.07. The second-order valence-corrected chi connectivity index (χ2v) is 2.61. The minimum absolute atomic E-state index is 0.0379. The second-order valence-electron chi connectivity index (χ2n) is 2.61. The van der Waals surface area contributed by atoms with Gasteiger partial charge in [0.25, 0.3) is 0 Å². The lowest BCUT2D eigenvalue weighted by Crippen LogP contribution is -2.22. The van der Waals surface area contributed by atoms with E-state index in [0.29, 0.717) is 19.4 Å². The van der Waals surface area contributed by atoms with Crippen LogP contribution in [-0.2, 0) is 4.79 Å². The standard InChI is InChI=1S/C7H12N2O2/c1-6-5-7(11)9(8-6)3-2-4-10/h10H,2-5H2,1H3.